The van der Waals surface area contributed by atoms with Crippen LogP contribution in [0.5, 0.6) is 0 Å². The summed E-state index contributed by atoms with van der Waals surface area (Å²) in [5.41, 5.74) is 2.12. The molecule has 0 aromatic rings. The number of rotatable bonds is 4. The van der Waals surface area contributed by atoms with Gasteiger partial charge in [0, 0.05) is 49.9 Å². The van der Waals surface area contributed by atoms with Crippen LogP contribution in [0.25, 0.3) is 0 Å². The molecule has 0 amide bonds. The van der Waals surface area contributed by atoms with E-state index in [1.165, 1.54) is 0 Å². The molecule has 30 heavy (non-hydrogen) atoms. The molecule has 4 rings (SSSR count). The first-order valence-electron chi connectivity index (χ1n) is 11.1. The van der Waals surface area contributed by atoms with E-state index in [1.807, 2.05) is 31.5 Å². The molecule has 0 N–H and O–H groups in total. The first-order valence-corrected chi connectivity index (χ1v) is 12.0. The maximum atomic E-state index is 13.5. The molecule has 4 aliphatic rings. The molecule has 162 valence electrons. The summed E-state index contributed by atoms with van der Waals surface area (Å²) in [7, 11) is 0. The van der Waals surface area contributed by atoms with E-state index in [2.05, 4.69) is 44.1 Å². The van der Waals surface area contributed by atoms with Crippen LogP contribution in [0.4, 0.5) is 4.39 Å². The summed E-state index contributed by atoms with van der Waals surface area (Å²) in [4.78, 5) is 9.65. The van der Waals surface area contributed by atoms with Gasteiger partial charge in [-0.25, -0.2) is 4.39 Å². The zero-order valence-electron chi connectivity index (χ0n) is 18.0. The molecule has 4 heterocycles. The molecule has 5 nitrogen and oxygen atoms in total. The van der Waals surface area contributed by atoms with Crippen molar-refractivity contribution in [3.63, 3.8) is 0 Å². The van der Waals surface area contributed by atoms with E-state index >= 15 is 0 Å². The van der Waals surface area contributed by atoms with Gasteiger partial charge in [-0.15, -0.1) is 5.10 Å². The third-order valence-electron chi connectivity index (χ3n) is 6.38. The molecule has 0 radical (unpaired) electrons. The molecule has 0 saturated carbocycles. The second kappa shape index (κ2) is 10.2. The van der Waals surface area contributed by atoms with Crippen LogP contribution in [0.2, 0.25) is 0 Å². The zero-order valence-corrected chi connectivity index (χ0v) is 18.8. The Kier molecular flexibility index (Phi) is 7.33. The van der Waals surface area contributed by atoms with Crippen LogP contribution in [-0.4, -0.2) is 71.0 Å². The molecule has 2 unspecified atom stereocenters. The lowest BCUT2D eigenvalue weighted by molar-refractivity contribution is 0.0703. The van der Waals surface area contributed by atoms with Crippen molar-refractivity contribution in [2.45, 2.75) is 57.1 Å². The van der Waals surface area contributed by atoms with Crippen molar-refractivity contribution in [2.24, 2.45) is 21.1 Å². The molecule has 2 atom stereocenters. The van der Waals surface area contributed by atoms with Gasteiger partial charge in [0.2, 0.25) is 0 Å². The molecule has 0 aromatic carbocycles. The van der Waals surface area contributed by atoms with Gasteiger partial charge in [-0.2, -0.15) is 5.10 Å². The number of likely N-dealkylation sites (tertiary alicyclic amines) is 2. The summed E-state index contributed by atoms with van der Waals surface area (Å²) in [6, 6.07) is 0.595. The van der Waals surface area contributed by atoms with Crippen LogP contribution in [0.1, 0.15) is 39.5 Å². The van der Waals surface area contributed by atoms with Crippen LogP contribution in [-0.2, 0) is 0 Å². The minimum Gasteiger partial charge on any atom is -0.300 e. The Bertz CT molecular complexity index is 783. The Balaban J connectivity index is 1.39. The van der Waals surface area contributed by atoms with Gasteiger partial charge < -0.3 is 4.90 Å². The van der Waals surface area contributed by atoms with Gasteiger partial charge in [0.1, 0.15) is 11.2 Å². The lowest BCUT2D eigenvalue weighted by atomic mass is 9.99. The number of dihydropyridines is 1. The minimum atomic E-state index is -0.596. The highest BCUT2D eigenvalue weighted by Gasteiger charge is 2.32. The second-order valence-electron chi connectivity index (χ2n) is 8.41. The van der Waals surface area contributed by atoms with E-state index in [0.717, 1.165) is 55.3 Å². The van der Waals surface area contributed by atoms with Gasteiger partial charge in [0.25, 0.3) is 0 Å². The van der Waals surface area contributed by atoms with Gasteiger partial charge in [0.15, 0.2) is 0 Å². The molecule has 7 heteroatoms. The molecule has 2 fully saturated rings. The number of halogens is 1. The minimum absolute atomic E-state index is 0.203. The van der Waals surface area contributed by atoms with Crippen molar-refractivity contribution in [1.29, 1.82) is 0 Å². The number of aliphatic imine (C=N–C) groups is 1. The van der Waals surface area contributed by atoms with E-state index in [4.69, 9.17) is 0 Å². The summed E-state index contributed by atoms with van der Waals surface area (Å²) in [6.45, 7) is 8.11. The predicted octanol–water partition coefficient (Wildman–Crippen LogP) is 4.45. The maximum Gasteiger partial charge on any atom is 0.130 e. The predicted molar refractivity (Wildman–Crippen MR) is 126 cm³/mol. The number of hydrogen-bond donors (Lipinski definition) is 0. The van der Waals surface area contributed by atoms with Crippen molar-refractivity contribution in [3.05, 3.63) is 35.6 Å². The van der Waals surface area contributed by atoms with Gasteiger partial charge in [-0.3, -0.25) is 9.89 Å². The van der Waals surface area contributed by atoms with Crippen molar-refractivity contribution in [1.82, 2.24) is 9.80 Å². The fourth-order valence-corrected chi connectivity index (χ4v) is 5.73. The molecule has 4 aliphatic heterocycles. The fraction of sp³-hybridized carbons (Fsp3) is 0.609. The number of allylic oxidation sites excluding steroid dienone is 4. The van der Waals surface area contributed by atoms with Crippen LogP contribution in [0, 0.1) is 5.92 Å². The largest absolute Gasteiger partial charge is 0.300 e. The third kappa shape index (κ3) is 5.01. The summed E-state index contributed by atoms with van der Waals surface area (Å²) in [5, 5.41) is 9.99. The number of alkyl halides is 1. The first kappa shape index (κ1) is 21.7. The van der Waals surface area contributed by atoms with Crippen molar-refractivity contribution < 1.29 is 4.39 Å². The van der Waals surface area contributed by atoms with Crippen LogP contribution >= 0.6 is 11.8 Å². The number of hydrogen-bond acceptors (Lipinski definition) is 6. The van der Waals surface area contributed by atoms with E-state index in [-0.39, 0.29) is 11.3 Å². The zero-order chi connectivity index (χ0) is 20.9. The Morgan fingerprint density at radius 1 is 1.13 bits per heavy atom. The monoisotopic (exact) mass is 429 g/mol. The maximum absolute atomic E-state index is 13.5. The number of piperidine rings is 2. The molecule has 0 aliphatic carbocycles. The van der Waals surface area contributed by atoms with E-state index in [9.17, 15) is 4.39 Å². The summed E-state index contributed by atoms with van der Waals surface area (Å²) < 4.78 is 13.5. The lowest BCUT2D eigenvalue weighted by Crippen LogP contribution is -2.50. The Morgan fingerprint density at radius 2 is 1.87 bits per heavy atom. The van der Waals surface area contributed by atoms with E-state index in [0.29, 0.717) is 18.9 Å². The highest BCUT2D eigenvalue weighted by Crippen LogP contribution is 2.32. The lowest BCUT2D eigenvalue weighted by Gasteiger charge is -2.42. The Hall–Kier alpha value is -1.57. The van der Waals surface area contributed by atoms with Crippen LogP contribution in [0.15, 0.2) is 50.8 Å². The number of thioether (sulfide) groups is 1. The van der Waals surface area contributed by atoms with Crippen molar-refractivity contribution in [3.8, 4) is 0 Å². The third-order valence-corrected chi connectivity index (χ3v) is 7.57. The topological polar surface area (TPSA) is 43.6 Å². The normalized spacial score (nSPS) is 31.5. The van der Waals surface area contributed by atoms with Gasteiger partial charge >= 0.3 is 0 Å². The van der Waals surface area contributed by atoms with Gasteiger partial charge in [-0.1, -0.05) is 36.9 Å². The highest BCUT2D eigenvalue weighted by atomic mass is 32.2. The van der Waals surface area contributed by atoms with E-state index in [1.54, 1.807) is 11.8 Å². The fourth-order valence-electron chi connectivity index (χ4n) is 4.63. The number of nitrogens with zero attached hydrogens (tertiary/aromatic N) is 5. The van der Waals surface area contributed by atoms with Gasteiger partial charge in [0.05, 0.1) is 17.3 Å². The second-order valence-corrected chi connectivity index (χ2v) is 9.51. The highest BCUT2D eigenvalue weighted by molar-refractivity contribution is 8.15. The Labute approximate surface area is 183 Å². The SMILES string of the molecule is CC=C/C(C1=NN=CC(N2CCC(N3CCC(F)CC3)CC2)S1)=C1/N=CC=CC1C. The van der Waals surface area contributed by atoms with E-state index < -0.39 is 6.17 Å². The molecular weight excluding hydrogens is 397 g/mol. The van der Waals surface area contributed by atoms with Crippen molar-refractivity contribution >= 4 is 29.2 Å². The molecule has 0 aromatic heterocycles. The van der Waals surface area contributed by atoms with Crippen LogP contribution < -0.4 is 0 Å². The summed E-state index contributed by atoms with van der Waals surface area (Å²) in [5.74, 6) is 0.262. The molecule has 0 spiro atoms. The average molecular weight is 430 g/mol. The molecule has 0 bridgehead atoms. The van der Waals surface area contributed by atoms with Crippen LogP contribution in [0.3, 0.4) is 0 Å². The molecule has 2 saturated heterocycles. The van der Waals surface area contributed by atoms with Gasteiger partial charge in [-0.05, 0) is 38.7 Å². The smallest absolute Gasteiger partial charge is 0.130 e. The average Bonchev–Trinajstić information content (AvgIpc) is 2.79. The summed E-state index contributed by atoms with van der Waals surface area (Å²) in [6.07, 6.45) is 15.2. The van der Waals surface area contributed by atoms with Crippen molar-refractivity contribution in [2.75, 3.05) is 26.2 Å². The standard InChI is InChI=1S/C23H32FN5S/c1-3-5-20(22-17(2)6-4-11-25-22)23-27-26-16-21(30-23)29-14-9-19(10-15-29)28-12-7-18(24)8-13-28/h3-6,11,16-19,21H,7-10,12-15H2,1-2H3/b5-3?,22-20-. The first-order chi connectivity index (χ1) is 14.7. The Morgan fingerprint density at radius 3 is 2.57 bits per heavy atom. The summed E-state index contributed by atoms with van der Waals surface area (Å²) >= 11 is 1.78. The quantitative estimate of drug-likeness (QED) is 0.663. The molecular formula is C23H32FN5S.